The molecule has 1 aromatic carbocycles. The highest BCUT2D eigenvalue weighted by Gasteiger charge is 2.12. The Morgan fingerprint density at radius 1 is 1.21 bits per heavy atom. The van der Waals surface area contributed by atoms with Crippen molar-refractivity contribution in [1.82, 2.24) is 0 Å². The molecule has 1 unspecified atom stereocenters. The quantitative estimate of drug-likeness (QED) is 0.783. The summed E-state index contributed by atoms with van der Waals surface area (Å²) in [4.78, 5) is 11.0. The van der Waals surface area contributed by atoms with Crippen molar-refractivity contribution in [2.24, 2.45) is 5.73 Å². The minimum atomic E-state index is -0.272. The van der Waals surface area contributed by atoms with Crippen LogP contribution in [-0.2, 0) is 4.79 Å². The number of rotatable bonds is 3. The fourth-order valence-electron chi connectivity index (χ4n) is 1.35. The van der Waals surface area contributed by atoms with Gasteiger partial charge in [0.15, 0.2) is 0 Å². The monoisotopic (exact) mass is 191 g/mol. The van der Waals surface area contributed by atoms with E-state index in [4.69, 9.17) is 5.73 Å². The largest absolute Gasteiger partial charge is 0.369 e. The first kappa shape index (κ1) is 10.8. The van der Waals surface area contributed by atoms with Crippen LogP contribution in [0.3, 0.4) is 0 Å². The van der Waals surface area contributed by atoms with E-state index in [9.17, 15) is 4.79 Å². The van der Waals surface area contributed by atoms with E-state index in [2.05, 4.69) is 26.0 Å². The van der Waals surface area contributed by atoms with E-state index in [1.54, 1.807) is 0 Å². The Kier molecular flexibility index (Phi) is 3.28. The molecule has 0 aliphatic carbocycles. The van der Waals surface area contributed by atoms with Gasteiger partial charge in [0.25, 0.3) is 0 Å². The highest BCUT2D eigenvalue weighted by atomic mass is 16.1. The lowest BCUT2D eigenvalue weighted by Gasteiger charge is -2.11. The molecule has 0 bridgehead atoms. The second kappa shape index (κ2) is 4.27. The average molecular weight is 191 g/mol. The molecule has 1 amide bonds. The van der Waals surface area contributed by atoms with Gasteiger partial charge in [0.05, 0.1) is 5.92 Å². The SMILES string of the molecule is CC(C)c1cccc(C(C)C(N)=O)c1. The van der Waals surface area contributed by atoms with Crippen molar-refractivity contribution in [2.45, 2.75) is 32.6 Å². The third kappa shape index (κ3) is 2.34. The van der Waals surface area contributed by atoms with Gasteiger partial charge in [-0.15, -0.1) is 0 Å². The predicted molar refractivity (Wildman–Crippen MR) is 58.1 cm³/mol. The number of carbonyl (C=O) groups is 1. The molecule has 1 atom stereocenters. The van der Waals surface area contributed by atoms with Crippen molar-refractivity contribution in [3.8, 4) is 0 Å². The Morgan fingerprint density at radius 3 is 2.29 bits per heavy atom. The van der Waals surface area contributed by atoms with Crippen LogP contribution in [0.4, 0.5) is 0 Å². The summed E-state index contributed by atoms with van der Waals surface area (Å²) in [6, 6.07) is 8.05. The van der Waals surface area contributed by atoms with Gasteiger partial charge in [-0.2, -0.15) is 0 Å². The minimum absolute atomic E-state index is 0.200. The lowest BCUT2D eigenvalue weighted by molar-refractivity contribution is -0.119. The summed E-state index contributed by atoms with van der Waals surface area (Å²) in [6.07, 6.45) is 0. The number of primary amides is 1. The van der Waals surface area contributed by atoms with Crippen LogP contribution in [-0.4, -0.2) is 5.91 Å². The second-order valence-corrected chi connectivity index (χ2v) is 3.95. The molecular formula is C12H17NO. The van der Waals surface area contributed by atoms with Crippen molar-refractivity contribution in [3.05, 3.63) is 35.4 Å². The summed E-state index contributed by atoms with van der Waals surface area (Å²) in [5.74, 6) is 0.00892. The van der Waals surface area contributed by atoms with E-state index in [1.165, 1.54) is 5.56 Å². The number of hydrogen-bond acceptors (Lipinski definition) is 1. The number of benzene rings is 1. The lowest BCUT2D eigenvalue weighted by Crippen LogP contribution is -2.18. The Balaban J connectivity index is 2.99. The van der Waals surface area contributed by atoms with Gasteiger partial charge in [0.1, 0.15) is 0 Å². The number of carbonyl (C=O) groups excluding carboxylic acids is 1. The zero-order chi connectivity index (χ0) is 10.7. The third-order valence-electron chi connectivity index (χ3n) is 2.50. The maximum absolute atomic E-state index is 11.0. The Hall–Kier alpha value is -1.31. The Labute approximate surface area is 85.1 Å². The summed E-state index contributed by atoms with van der Waals surface area (Å²) in [7, 11) is 0. The van der Waals surface area contributed by atoms with Crippen LogP contribution < -0.4 is 5.73 Å². The van der Waals surface area contributed by atoms with E-state index in [1.807, 2.05) is 19.1 Å². The first-order chi connectivity index (χ1) is 6.52. The van der Waals surface area contributed by atoms with Gasteiger partial charge >= 0.3 is 0 Å². The van der Waals surface area contributed by atoms with Gasteiger partial charge in [0.2, 0.25) is 5.91 Å². The molecule has 76 valence electrons. The summed E-state index contributed by atoms with van der Waals surface area (Å²) in [6.45, 7) is 6.10. The van der Waals surface area contributed by atoms with Crippen molar-refractivity contribution >= 4 is 5.91 Å². The lowest BCUT2D eigenvalue weighted by atomic mass is 9.95. The first-order valence-electron chi connectivity index (χ1n) is 4.91. The molecule has 0 saturated heterocycles. The molecular weight excluding hydrogens is 174 g/mol. The smallest absolute Gasteiger partial charge is 0.224 e. The molecule has 2 N–H and O–H groups in total. The molecule has 0 fully saturated rings. The van der Waals surface area contributed by atoms with Gasteiger partial charge in [0, 0.05) is 0 Å². The van der Waals surface area contributed by atoms with Crippen molar-refractivity contribution < 1.29 is 4.79 Å². The number of amides is 1. The van der Waals surface area contributed by atoms with E-state index in [0.29, 0.717) is 5.92 Å². The minimum Gasteiger partial charge on any atom is -0.369 e. The summed E-state index contributed by atoms with van der Waals surface area (Å²) in [5.41, 5.74) is 7.50. The van der Waals surface area contributed by atoms with Gasteiger partial charge in [-0.05, 0) is 24.0 Å². The molecule has 14 heavy (non-hydrogen) atoms. The predicted octanol–water partition coefficient (Wildman–Crippen LogP) is 2.40. The van der Waals surface area contributed by atoms with Crippen LogP contribution in [0.25, 0.3) is 0 Å². The number of hydrogen-bond donors (Lipinski definition) is 1. The van der Waals surface area contributed by atoms with Crippen molar-refractivity contribution in [3.63, 3.8) is 0 Å². The molecule has 1 aromatic rings. The molecule has 0 heterocycles. The highest BCUT2D eigenvalue weighted by Crippen LogP contribution is 2.20. The zero-order valence-electron chi connectivity index (χ0n) is 8.95. The first-order valence-corrected chi connectivity index (χ1v) is 4.91. The van der Waals surface area contributed by atoms with Gasteiger partial charge < -0.3 is 5.73 Å². The maximum Gasteiger partial charge on any atom is 0.224 e. The van der Waals surface area contributed by atoms with Crippen LogP contribution >= 0.6 is 0 Å². The standard InChI is InChI=1S/C12H17NO/c1-8(2)10-5-4-6-11(7-10)9(3)12(13)14/h4-9H,1-3H3,(H2,13,14). The van der Waals surface area contributed by atoms with Crippen molar-refractivity contribution in [1.29, 1.82) is 0 Å². The Bertz CT molecular complexity index is 331. The van der Waals surface area contributed by atoms with E-state index < -0.39 is 0 Å². The molecule has 0 spiro atoms. The Morgan fingerprint density at radius 2 is 1.79 bits per heavy atom. The highest BCUT2D eigenvalue weighted by molar-refractivity contribution is 5.81. The zero-order valence-corrected chi connectivity index (χ0v) is 8.95. The summed E-state index contributed by atoms with van der Waals surface area (Å²) in [5, 5.41) is 0. The van der Waals surface area contributed by atoms with Gasteiger partial charge in [-0.25, -0.2) is 0 Å². The second-order valence-electron chi connectivity index (χ2n) is 3.95. The van der Waals surface area contributed by atoms with Gasteiger partial charge in [-0.1, -0.05) is 38.1 Å². The van der Waals surface area contributed by atoms with E-state index in [0.717, 1.165) is 5.56 Å². The molecule has 0 saturated carbocycles. The van der Waals surface area contributed by atoms with Crippen LogP contribution in [0.1, 0.15) is 43.7 Å². The van der Waals surface area contributed by atoms with Gasteiger partial charge in [-0.3, -0.25) is 4.79 Å². The van der Waals surface area contributed by atoms with Crippen LogP contribution in [0.5, 0.6) is 0 Å². The molecule has 0 radical (unpaired) electrons. The molecule has 0 aliphatic heterocycles. The normalized spacial score (nSPS) is 12.9. The molecule has 0 aromatic heterocycles. The van der Waals surface area contributed by atoms with E-state index in [-0.39, 0.29) is 11.8 Å². The summed E-state index contributed by atoms with van der Waals surface area (Å²) >= 11 is 0. The topological polar surface area (TPSA) is 43.1 Å². The average Bonchev–Trinajstić information content (AvgIpc) is 2.16. The molecule has 1 rings (SSSR count). The van der Waals surface area contributed by atoms with Crippen molar-refractivity contribution in [2.75, 3.05) is 0 Å². The number of nitrogens with two attached hydrogens (primary N) is 1. The fraction of sp³-hybridized carbons (Fsp3) is 0.417. The molecule has 2 nitrogen and oxygen atoms in total. The van der Waals surface area contributed by atoms with Crippen LogP contribution in [0.2, 0.25) is 0 Å². The fourth-order valence-corrected chi connectivity index (χ4v) is 1.35. The third-order valence-corrected chi connectivity index (χ3v) is 2.50. The van der Waals surface area contributed by atoms with E-state index >= 15 is 0 Å². The maximum atomic E-state index is 11.0. The molecule has 2 heteroatoms. The van der Waals surface area contributed by atoms with Crippen LogP contribution in [0, 0.1) is 0 Å². The van der Waals surface area contributed by atoms with Crippen LogP contribution in [0.15, 0.2) is 24.3 Å². The summed E-state index contributed by atoms with van der Waals surface area (Å²) < 4.78 is 0. The molecule has 0 aliphatic rings.